The molecule has 0 saturated heterocycles. The topological polar surface area (TPSA) is 41.5 Å². The van der Waals surface area contributed by atoms with Crippen LogP contribution in [0.1, 0.15) is 11.7 Å². The van der Waals surface area contributed by atoms with Crippen LogP contribution in [0.3, 0.4) is 0 Å². The quantitative estimate of drug-likeness (QED) is 0.817. The monoisotopic (exact) mass is 345 g/mol. The minimum absolute atomic E-state index is 0.271. The summed E-state index contributed by atoms with van der Waals surface area (Å²) in [6, 6.07) is 10.4. The number of methoxy groups -OCH3 is 1. The predicted molar refractivity (Wildman–Crippen MR) is 87.9 cm³/mol. The van der Waals surface area contributed by atoms with Crippen molar-refractivity contribution in [3.8, 4) is 5.75 Å². The van der Waals surface area contributed by atoms with Gasteiger partial charge in [0.15, 0.2) is 0 Å². The van der Waals surface area contributed by atoms with E-state index in [0.29, 0.717) is 20.8 Å². The molecule has 1 unspecified atom stereocenters. The lowest BCUT2D eigenvalue weighted by atomic mass is 10.1. The van der Waals surface area contributed by atoms with Gasteiger partial charge in [-0.05, 0) is 29.8 Å². The lowest BCUT2D eigenvalue weighted by Gasteiger charge is -2.15. The van der Waals surface area contributed by atoms with E-state index in [-0.39, 0.29) is 6.54 Å². The second-order valence-electron chi connectivity index (χ2n) is 4.41. The Labute approximate surface area is 138 Å². The van der Waals surface area contributed by atoms with Crippen molar-refractivity contribution < 1.29 is 9.84 Å². The van der Waals surface area contributed by atoms with E-state index >= 15 is 0 Å². The van der Waals surface area contributed by atoms with Gasteiger partial charge >= 0.3 is 0 Å². The lowest BCUT2D eigenvalue weighted by Crippen LogP contribution is -2.12. The van der Waals surface area contributed by atoms with Crippen molar-refractivity contribution in [2.24, 2.45) is 0 Å². The highest BCUT2D eigenvalue weighted by Crippen LogP contribution is 2.34. The van der Waals surface area contributed by atoms with Crippen LogP contribution >= 0.6 is 34.8 Å². The second kappa shape index (κ2) is 7.23. The molecule has 0 spiro atoms. The predicted octanol–water partition coefficient (Wildman–Crippen LogP) is 4.80. The number of ether oxygens (including phenoxy) is 1. The fourth-order valence-corrected chi connectivity index (χ4v) is 2.80. The summed E-state index contributed by atoms with van der Waals surface area (Å²) in [4.78, 5) is 0. The molecule has 0 amide bonds. The van der Waals surface area contributed by atoms with Crippen LogP contribution < -0.4 is 10.1 Å². The highest BCUT2D eigenvalue weighted by atomic mass is 35.5. The summed E-state index contributed by atoms with van der Waals surface area (Å²) < 4.78 is 5.08. The zero-order valence-electron chi connectivity index (χ0n) is 11.2. The van der Waals surface area contributed by atoms with E-state index in [1.807, 2.05) is 0 Å². The molecule has 0 radical (unpaired) electrons. The smallest absolute Gasteiger partial charge is 0.118 e. The molecule has 21 heavy (non-hydrogen) atoms. The van der Waals surface area contributed by atoms with Crippen LogP contribution in [0.5, 0.6) is 5.75 Å². The molecular formula is C15H14Cl3NO2. The Morgan fingerprint density at radius 3 is 2.19 bits per heavy atom. The molecule has 0 bridgehead atoms. The van der Waals surface area contributed by atoms with Crippen LogP contribution in [0.4, 0.5) is 5.69 Å². The van der Waals surface area contributed by atoms with Crippen molar-refractivity contribution in [1.82, 2.24) is 0 Å². The van der Waals surface area contributed by atoms with Crippen molar-refractivity contribution in [3.63, 3.8) is 0 Å². The van der Waals surface area contributed by atoms with Crippen LogP contribution in [0.25, 0.3) is 0 Å². The van der Waals surface area contributed by atoms with Crippen LogP contribution in [0.15, 0.2) is 36.4 Å². The molecule has 0 fully saturated rings. The first-order valence-electron chi connectivity index (χ1n) is 6.21. The van der Waals surface area contributed by atoms with Crippen molar-refractivity contribution in [1.29, 1.82) is 0 Å². The van der Waals surface area contributed by atoms with Gasteiger partial charge in [0.05, 0.1) is 28.9 Å². The van der Waals surface area contributed by atoms with E-state index in [1.165, 1.54) is 0 Å². The molecule has 1 atom stereocenters. The van der Waals surface area contributed by atoms with Gasteiger partial charge in [-0.25, -0.2) is 0 Å². The van der Waals surface area contributed by atoms with Gasteiger partial charge in [0.2, 0.25) is 0 Å². The third-order valence-electron chi connectivity index (χ3n) is 2.98. The number of hydrogen-bond acceptors (Lipinski definition) is 3. The van der Waals surface area contributed by atoms with Gasteiger partial charge in [0.1, 0.15) is 5.75 Å². The maximum absolute atomic E-state index is 10.2. The molecule has 3 nitrogen and oxygen atoms in total. The highest BCUT2D eigenvalue weighted by Gasteiger charge is 2.11. The number of benzene rings is 2. The number of nitrogens with one attached hydrogen (secondary N) is 1. The Bertz CT molecular complexity index is 594. The molecule has 0 aliphatic heterocycles. The molecule has 2 aromatic rings. The molecule has 0 aliphatic carbocycles. The molecular weight excluding hydrogens is 333 g/mol. The van der Waals surface area contributed by atoms with Crippen LogP contribution in [0, 0.1) is 0 Å². The molecule has 0 aliphatic rings. The van der Waals surface area contributed by atoms with Gasteiger partial charge in [-0.15, -0.1) is 0 Å². The summed E-state index contributed by atoms with van der Waals surface area (Å²) in [7, 11) is 1.59. The Kier molecular flexibility index (Phi) is 5.59. The number of aliphatic hydroxyl groups is 1. The minimum atomic E-state index is -0.696. The molecule has 6 heteroatoms. The summed E-state index contributed by atoms with van der Waals surface area (Å²) in [5.41, 5.74) is 1.32. The first kappa shape index (κ1) is 16.2. The number of hydrogen-bond donors (Lipinski definition) is 2. The highest BCUT2D eigenvalue weighted by molar-refractivity contribution is 6.41. The average molecular weight is 347 g/mol. The maximum atomic E-state index is 10.2. The van der Waals surface area contributed by atoms with Gasteiger partial charge in [-0.1, -0.05) is 46.9 Å². The first-order valence-corrected chi connectivity index (χ1v) is 7.35. The average Bonchev–Trinajstić information content (AvgIpc) is 2.46. The summed E-state index contributed by atoms with van der Waals surface area (Å²) >= 11 is 18.0. The molecule has 2 N–H and O–H groups in total. The summed E-state index contributed by atoms with van der Waals surface area (Å²) in [5, 5.41) is 14.5. The number of aliphatic hydroxyl groups excluding tert-OH is 1. The molecule has 2 aromatic carbocycles. The van der Waals surface area contributed by atoms with Crippen LogP contribution in [0.2, 0.25) is 15.1 Å². The summed E-state index contributed by atoms with van der Waals surface area (Å²) in [6.45, 7) is 0.271. The van der Waals surface area contributed by atoms with Gasteiger partial charge in [0, 0.05) is 11.6 Å². The van der Waals surface area contributed by atoms with Crippen LogP contribution in [-0.4, -0.2) is 18.8 Å². The maximum Gasteiger partial charge on any atom is 0.118 e. The molecule has 2 rings (SSSR count). The van der Waals surface area contributed by atoms with Crippen LogP contribution in [-0.2, 0) is 0 Å². The Balaban J connectivity index is 2.05. The fourth-order valence-electron chi connectivity index (χ4n) is 1.85. The zero-order chi connectivity index (χ0) is 15.4. The van der Waals surface area contributed by atoms with Crippen molar-refractivity contribution in [2.45, 2.75) is 6.10 Å². The standard InChI is InChI=1S/C15H14Cl3NO2/c1-21-11-4-2-9(3-5-11)14(20)8-19-15-12(17)6-10(16)7-13(15)18/h2-7,14,19-20H,8H2,1H3. The van der Waals surface area contributed by atoms with Crippen molar-refractivity contribution in [2.75, 3.05) is 19.0 Å². The Morgan fingerprint density at radius 2 is 1.67 bits per heavy atom. The lowest BCUT2D eigenvalue weighted by molar-refractivity contribution is 0.191. The fraction of sp³-hybridized carbons (Fsp3) is 0.200. The van der Waals surface area contributed by atoms with E-state index in [2.05, 4.69) is 5.32 Å². The van der Waals surface area contributed by atoms with E-state index < -0.39 is 6.10 Å². The Morgan fingerprint density at radius 1 is 1.10 bits per heavy atom. The largest absolute Gasteiger partial charge is 0.497 e. The molecule has 0 heterocycles. The van der Waals surface area contributed by atoms with Gasteiger partial charge in [0.25, 0.3) is 0 Å². The van der Waals surface area contributed by atoms with Crippen molar-refractivity contribution >= 4 is 40.5 Å². The van der Waals surface area contributed by atoms with E-state index in [4.69, 9.17) is 39.5 Å². The third-order valence-corrected chi connectivity index (χ3v) is 3.79. The minimum Gasteiger partial charge on any atom is -0.497 e. The second-order valence-corrected chi connectivity index (χ2v) is 5.67. The van der Waals surface area contributed by atoms with Crippen molar-refractivity contribution in [3.05, 3.63) is 57.0 Å². The zero-order valence-corrected chi connectivity index (χ0v) is 13.5. The van der Waals surface area contributed by atoms with E-state index in [1.54, 1.807) is 43.5 Å². The molecule has 0 saturated carbocycles. The normalized spacial score (nSPS) is 12.0. The summed E-state index contributed by atoms with van der Waals surface area (Å²) in [6.07, 6.45) is -0.696. The van der Waals surface area contributed by atoms with Gasteiger partial charge < -0.3 is 15.2 Å². The van der Waals surface area contributed by atoms with Gasteiger partial charge in [-0.3, -0.25) is 0 Å². The Hall–Kier alpha value is -1.13. The third kappa shape index (κ3) is 4.17. The molecule has 0 aromatic heterocycles. The van der Waals surface area contributed by atoms with Gasteiger partial charge in [-0.2, -0.15) is 0 Å². The first-order chi connectivity index (χ1) is 10.0. The SMILES string of the molecule is COc1ccc(C(O)CNc2c(Cl)cc(Cl)cc2Cl)cc1. The summed E-state index contributed by atoms with van der Waals surface area (Å²) in [5.74, 6) is 0.739. The van der Waals surface area contributed by atoms with E-state index in [0.717, 1.165) is 11.3 Å². The number of rotatable bonds is 5. The van der Waals surface area contributed by atoms with E-state index in [9.17, 15) is 5.11 Å². The number of anilines is 1. The molecule has 112 valence electrons. The number of halogens is 3.